The van der Waals surface area contributed by atoms with Gasteiger partial charge in [0.2, 0.25) is 0 Å². The highest BCUT2D eigenvalue weighted by Gasteiger charge is 2.20. The van der Waals surface area contributed by atoms with Crippen LogP contribution in [0.1, 0.15) is 43.6 Å². The first-order valence-electron chi connectivity index (χ1n) is 5.26. The zero-order chi connectivity index (χ0) is 9.97. The van der Waals surface area contributed by atoms with E-state index in [0.29, 0.717) is 18.1 Å². The molecule has 2 rings (SSSR count). The first-order chi connectivity index (χ1) is 6.75. The molecule has 0 N–H and O–H groups in total. The maximum absolute atomic E-state index is 11.4. The fourth-order valence-electron chi connectivity index (χ4n) is 2.13. The van der Waals surface area contributed by atoms with Gasteiger partial charge in [0.1, 0.15) is 5.78 Å². The SMILES string of the molecule is Cn1cc(C2CCCCC(=O)C2)cn1. The van der Waals surface area contributed by atoms with Crippen molar-refractivity contribution in [1.29, 1.82) is 0 Å². The Morgan fingerprint density at radius 3 is 3.07 bits per heavy atom. The minimum absolute atomic E-state index is 0.413. The highest BCUT2D eigenvalue weighted by molar-refractivity contribution is 5.79. The predicted molar refractivity (Wildman–Crippen MR) is 54.0 cm³/mol. The van der Waals surface area contributed by atoms with E-state index >= 15 is 0 Å². The summed E-state index contributed by atoms with van der Waals surface area (Å²) in [6.45, 7) is 0. The average Bonchev–Trinajstić information content (AvgIpc) is 2.45. The van der Waals surface area contributed by atoms with Crippen molar-refractivity contribution in [3.05, 3.63) is 18.0 Å². The Bertz CT molecular complexity index is 330. The monoisotopic (exact) mass is 192 g/mol. The van der Waals surface area contributed by atoms with Crippen molar-refractivity contribution in [1.82, 2.24) is 9.78 Å². The Morgan fingerprint density at radius 2 is 2.36 bits per heavy atom. The molecule has 0 amide bonds. The van der Waals surface area contributed by atoms with Crippen LogP contribution in [0.2, 0.25) is 0 Å². The molecule has 76 valence electrons. The van der Waals surface area contributed by atoms with Gasteiger partial charge in [-0.05, 0) is 24.3 Å². The third-order valence-electron chi connectivity index (χ3n) is 2.93. The van der Waals surface area contributed by atoms with Crippen molar-refractivity contribution in [2.45, 2.75) is 38.0 Å². The minimum Gasteiger partial charge on any atom is -0.300 e. The summed E-state index contributed by atoms with van der Waals surface area (Å²) in [6.07, 6.45) is 8.79. The third kappa shape index (κ3) is 2.03. The highest BCUT2D eigenvalue weighted by Crippen LogP contribution is 2.29. The van der Waals surface area contributed by atoms with Gasteiger partial charge in [-0.15, -0.1) is 0 Å². The van der Waals surface area contributed by atoms with Crippen molar-refractivity contribution < 1.29 is 4.79 Å². The maximum atomic E-state index is 11.4. The van der Waals surface area contributed by atoms with Crippen molar-refractivity contribution in [3.63, 3.8) is 0 Å². The minimum atomic E-state index is 0.413. The standard InChI is InChI=1S/C11H16N2O/c1-13-8-10(7-12-13)9-4-2-3-5-11(14)6-9/h7-9H,2-6H2,1H3. The smallest absolute Gasteiger partial charge is 0.133 e. The fourth-order valence-corrected chi connectivity index (χ4v) is 2.13. The lowest BCUT2D eigenvalue weighted by atomic mass is 9.94. The molecular weight excluding hydrogens is 176 g/mol. The molecule has 0 aliphatic heterocycles. The molecule has 0 saturated heterocycles. The molecule has 0 radical (unpaired) electrons. The van der Waals surface area contributed by atoms with Crippen LogP contribution in [0.4, 0.5) is 0 Å². The lowest BCUT2D eigenvalue weighted by Gasteiger charge is -2.09. The Hall–Kier alpha value is -1.12. The quantitative estimate of drug-likeness (QED) is 0.638. The molecule has 1 heterocycles. The number of carbonyl (C=O) groups excluding carboxylic acids is 1. The fraction of sp³-hybridized carbons (Fsp3) is 0.636. The van der Waals surface area contributed by atoms with Gasteiger partial charge in [0, 0.05) is 26.1 Å². The average molecular weight is 192 g/mol. The van der Waals surface area contributed by atoms with Gasteiger partial charge in [0.25, 0.3) is 0 Å². The van der Waals surface area contributed by atoms with Crippen molar-refractivity contribution in [2.75, 3.05) is 0 Å². The first kappa shape index (κ1) is 9.44. The second kappa shape index (κ2) is 3.95. The number of hydrogen-bond acceptors (Lipinski definition) is 2. The zero-order valence-electron chi connectivity index (χ0n) is 8.57. The molecule has 3 nitrogen and oxygen atoms in total. The van der Waals surface area contributed by atoms with Crippen LogP contribution < -0.4 is 0 Å². The summed E-state index contributed by atoms with van der Waals surface area (Å²) >= 11 is 0. The van der Waals surface area contributed by atoms with Gasteiger partial charge in [0.15, 0.2) is 0 Å². The molecular formula is C11H16N2O. The van der Waals surface area contributed by atoms with Crippen molar-refractivity contribution in [3.8, 4) is 0 Å². The topological polar surface area (TPSA) is 34.9 Å². The summed E-state index contributed by atoms with van der Waals surface area (Å²) in [7, 11) is 1.92. The van der Waals surface area contributed by atoms with E-state index in [1.54, 1.807) is 0 Å². The molecule has 1 atom stereocenters. The molecule has 14 heavy (non-hydrogen) atoms. The van der Waals surface area contributed by atoms with E-state index in [4.69, 9.17) is 0 Å². The number of nitrogens with zero attached hydrogens (tertiary/aromatic N) is 2. The van der Waals surface area contributed by atoms with Gasteiger partial charge in [-0.25, -0.2) is 0 Å². The van der Waals surface area contributed by atoms with E-state index in [0.717, 1.165) is 19.3 Å². The summed E-state index contributed by atoms with van der Waals surface area (Å²) in [5.74, 6) is 0.829. The molecule has 1 fully saturated rings. The van der Waals surface area contributed by atoms with Crippen LogP contribution in [0.25, 0.3) is 0 Å². The Labute approximate surface area is 84.1 Å². The summed E-state index contributed by atoms with van der Waals surface area (Å²) < 4.78 is 1.81. The molecule has 1 unspecified atom stereocenters. The van der Waals surface area contributed by atoms with E-state index < -0.39 is 0 Å². The van der Waals surface area contributed by atoms with E-state index in [1.807, 2.05) is 24.1 Å². The number of Topliss-reactive ketones (excluding diaryl/α,β-unsaturated/α-hetero) is 1. The van der Waals surface area contributed by atoms with Crippen molar-refractivity contribution >= 4 is 5.78 Å². The van der Waals surface area contributed by atoms with Gasteiger partial charge >= 0.3 is 0 Å². The van der Waals surface area contributed by atoms with Crippen LogP contribution in [-0.2, 0) is 11.8 Å². The lowest BCUT2D eigenvalue weighted by Crippen LogP contribution is -2.02. The molecule has 0 bridgehead atoms. The second-order valence-electron chi connectivity index (χ2n) is 4.13. The van der Waals surface area contributed by atoms with Crippen LogP contribution >= 0.6 is 0 Å². The van der Waals surface area contributed by atoms with Crippen molar-refractivity contribution in [2.24, 2.45) is 7.05 Å². The van der Waals surface area contributed by atoms with Crippen LogP contribution in [0.3, 0.4) is 0 Å². The number of aromatic nitrogens is 2. The van der Waals surface area contributed by atoms with Gasteiger partial charge < -0.3 is 0 Å². The molecule has 1 aromatic heterocycles. The summed E-state index contributed by atoms with van der Waals surface area (Å²) in [5, 5.41) is 4.15. The molecule has 0 aromatic carbocycles. The Balaban J connectivity index is 2.12. The van der Waals surface area contributed by atoms with Crippen LogP contribution in [0, 0.1) is 0 Å². The van der Waals surface area contributed by atoms with Gasteiger partial charge in [-0.3, -0.25) is 9.48 Å². The zero-order valence-corrected chi connectivity index (χ0v) is 8.57. The third-order valence-corrected chi connectivity index (χ3v) is 2.93. The lowest BCUT2D eigenvalue weighted by molar-refractivity contribution is -0.119. The molecule has 1 aliphatic carbocycles. The highest BCUT2D eigenvalue weighted by atomic mass is 16.1. The number of ketones is 1. The van der Waals surface area contributed by atoms with Crippen LogP contribution in [-0.4, -0.2) is 15.6 Å². The predicted octanol–water partition coefficient (Wildman–Crippen LogP) is 2.04. The summed E-state index contributed by atoms with van der Waals surface area (Å²) in [6, 6.07) is 0. The van der Waals surface area contributed by atoms with E-state index in [2.05, 4.69) is 5.10 Å². The number of carbonyl (C=O) groups is 1. The molecule has 1 aromatic rings. The van der Waals surface area contributed by atoms with Crippen LogP contribution in [0.15, 0.2) is 12.4 Å². The van der Waals surface area contributed by atoms with E-state index in [1.165, 1.54) is 12.0 Å². The Morgan fingerprint density at radius 1 is 1.50 bits per heavy atom. The molecule has 1 aliphatic rings. The van der Waals surface area contributed by atoms with Gasteiger partial charge in [0.05, 0.1) is 6.20 Å². The summed E-state index contributed by atoms with van der Waals surface area (Å²) in [5.41, 5.74) is 1.22. The largest absolute Gasteiger partial charge is 0.300 e. The normalized spacial score (nSPS) is 23.5. The maximum Gasteiger partial charge on any atom is 0.133 e. The number of rotatable bonds is 1. The molecule has 1 saturated carbocycles. The van der Waals surface area contributed by atoms with E-state index in [-0.39, 0.29) is 0 Å². The number of aryl methyl sites for hydroxylation is 1. The first-order valence-corrected chi connectivity index (χ1v) is 5.26. The molecule has 0 spiro atoms. The Kier molecular flexibility index (Phi) is 2.66. The van der Waals surface area contributed by atoms with E-state index in [9.17, 15) is 4.79 Å². The molecule has 3 heteroatoms. The van der Waals surface area contributed by atoms with Crippen LogP contribution in [0.5, 0.6) is 0 Å². The summed E-state index contributed by atoms with van der Waals surface area (Å²) in [4.78, 5) is 11.4. The second-order valence-corrected chi connectivity index (χ2v) is 4.13. The van der Waals surface area contributed by atoms with Gasteiger partial charge in [-0.2, -0.15) is 5.10 Å². The number of hydrogen-bond donors (Lipinski definition) is 0. The van der Waals surface area contributed by atoms with Gasteiger partial charge in [-0.1, -0.05) is 6.42 Å².